The second-order valence-corrected chi connectivity index (χ2v) is 11.7. The number of carbonyl (C=O) groups excluding carboxylic acids is 3. The van der Waals surface area contributed by atoms with E-state index >= 15 is 8.78 Å². The predicted molar refractivity (Wildman–Crippen MR) is 148 cm³/mol. The van der Waals surface area contributed by atoms with Crippen LogP contribution in [0.3, 0.4) is 0 Å². The highest BCUT2D eigenvalue weighted by atomic mass is 19.3. The minimum atomic E-state index is -3.38. The first kappa shape index (κ1) is 29.5. The predicted octanol–water partition coefficient (Wildman–Crippen LogP) is 3.00. The first-order chi connectivity index (χ1) is 18.8. The summed E-state index contributed by atoms with van der Waals surface area (Å²) in [7, 11) is 0. The molecule has 0 aromatic heterocycles. The third kappa shape index (κ3) is 5.82. The van der Waals surface area contributed by atoms with Crippen molar-refractivity contribution >= 4 is 23.4 Å². The van der Waals surface area contributed by atoms with Gasteiger partial charge in [-0.05, 0) is 42.0 Å². The Morgan fingerprint density at radius 3 is 2.48 bits per heavy atom. The van der Waals surface area contributed by atoms with E-state index in [-0.39, 0.29) is 18.9 Å². The number of anilines is 1. The van der Waals surface area contributed by atoms with Crippen molar-refractivity contribution in [2.24, 2.45) is 11.3 Å². The number of aliphatic hydroxyl groups excluding tert-OH is 1. The van der Waals surface area contributed by atoms with Crippen LogP contribution in [0, 0.1) is 11.3 Å². The Labute approximate surface area is 233 Å². The molecule has 0 bridgehead atoms. The van der Waals surface area contributed by atoms with E-state index in [9.17, 15) is 19.5 Å². The molecule has 216 valence electrons. The van der Waals surface area contributed by atoms with Gasteiger partial charge in [-0.15, -0.1) is 0 Å². The van der Waals surface area contributed by atoms with E-state index in [4.69, 9.17) is 0 Å². The van der Waals surface area contributed by atoms with Crippen LogP contribution < -0.4 is 16.0 Å². The van der Waals surface area contributed by atoms with E-state index in [1.54, 1.807) is 36.4 Å². The van der Waals surface area contributed by atoms with Gasteiger partial charge in [-0.2, -0.15) is 0 Å². The molecule has 2 aromatic carbocycles. The Morgan fingerprint density at radius 1 is 1.10 bits per heavy atom. The van der Waals surface area contributed by atoms with E-state index in [1.807, 2.05) is 26.0 Å². The fourth-order valence-electron chi connectivity index (χ4n) is 5.43. The fourth-order valence-corrected chi connectivity index (χ4v) is 5.43. The summed E-state index contributed by atoms with van der Waals surface area (Å²) < 4.78 is 30.4. The number of halogens is 2. The molecule has 40 heavy (non-hydrogen) atoms. The fraction of sp³-hybridized carbons (Fsp3) is 0.500. The van der Waals surface area contributed by atoms with Crippen LogP contribution >= 0.6 is 0 Å². The zero-order chi connectivity index (χ0) is 29.2. The van der Waals surface area contributed by atoms with E-state index in [0.29, 0.717) is 18.5 Å². The average molecular weight is 557 g/mol. The smallest absolute Gasteiger partial charge is 0.272 e. The zero-order valence-corrected chi connectivity index (χ0v) is 23.3. The SMILES string of the molecule is CC(C)CNC(=O)[C@H]1N(C(=O)C(O)[C@H](Cc2ccccc2)NC(=O)c2cccc3c2CCN3)CC(F)(F)C1(C)C. The molecule has 2 aliphatic rings. The van der Waals surface area contributed by atoms with Gasteiger partial charge < -0.3 is 26.0 Å². The molecule has 2 aliphatic heterocycles. The lowest BCUT2D eigenvalue weighted by molar-refractivity contribution is -0.148. The van der Waals surface area contributed by atoms with Crippen molar-refractivity contribution in [3.8, 4) is 0 Å². The highest BCUT2D eigenvalue weighted by Crippen LogP contribution is 2.48. The number of hydrogen-bond acceptors (Lipinski definition) is 5. The molecule has 4 rings (SSSR count). The normalized spacial score (nSPS) is 20.4. The van der Waals surface area contributed by atoms with Gasteiger partial charge >= 0.3 is 0 Å². The van der Waals surface area contributed by atoms with Crippen LogP contribution in [0.25, 0.3) is 0 Å². The molecular weight excluding hydrogens is 518 g/mol. The highest BCUT2D eigenvalue weighted by molar-refractivity contribution is 5.98. The molecule has 0 radical (unpaired) electrons. The quantitative estimate of drug-likeness (QED) is 0.380. The van der Waals surface area contributed by atoms with Crippen LogP contribution in [-0.4, -0.2) is 71.5 Å². The molecule has 10 heteroatoms. The molecule has 0 aliphatic carbocycles. The number of aliphatic hydroxyl groups is 1. The summed E-state index contributed by atoms with van der Waals surface area (Å²) in [6.45, 7) is 6.17. The lowest BCUT2D eigenvalue weighted by atomic mass is 9.81. The lowest BCUT2D eigenvalue weighted by Crippen LogP contribution is -2.58. The average Bonchev–Trinajstić information content (AvgIpc) is 3.46. The van der Waals surface area contributed by atoms with Crippen LogP contribution in [0.1, 0.15) is 49.2 Å². The van der Waals surface area contributed by atoms with Crippen molar-refractivity contribution in [1.82, 2.24) is 15.5 Å². The first-order valence-corrected chi connectivity index (χ1v) is 13.7. The number of nitrogens with one attached hydrogen (secondary N) is 3. The van der Waals surface area contributed by atoms with Crippen LogP contribution in [-0.2, 0) is 22.4 Å². The second-order valence-electron chi connectivity index (χ2n) is 11.7. The van der Waals surface area contributed by atoms with Crippen LogP contribution in [0.15, 0.2) is 48.5 Å². The van der Waals surface area contributed by atoms with E-state index < -0.39 is 53.8 Å². The second kappa shape index (κ2) is 11.5. The molecule has 3 atom stereocenters. The molecule has 1 saturated heterocycles. The summed E-state index contributed by atoms with van der Waals surface area (Å²) in [4.78, 5) is 41.0. The summed E-state index contributed by atoms with van der Waals surface area (Å²) in [5.41, 5.74) is 0.958. The number of alkyl halides is 2. The van der Waals surface area contributed by atoms with Crippen molar-refractivity contribution in [1.29, 1.82) is 0 Å². The molecule has 8 nitrogen and oxygen atoms in total. The molecule has 1 unspecified atom stereocenters. The number of hydrogen-bond donors (Lipinski definition) is 4. The molecule has 0 saturated carbocycles. The maximum atomic E-state index is 15.2. The number of amides is 3. The van der Waals surface area contributed by atoms with Crippen LogP contribution in [0.4, 0.5) is 14.5 Å². The zero-order valence-electron chi connectivity index (χ0n) is 23.3. The number of carbonyl (C=O) groups is 3. The minimum Gasteiger partial charge on any atom is -0.384 e. The molecule has 2 aromatic rings. The van der Waals surface area contributed by atoms with E-state index in [2.05, 4.69) is 16.0 Å². The first-order valence-electron chi connectivity index (χ1n) is 13.7. The Morgan fingerprint density at radius 2 is 1.80 bits per heavy atom. The Bertz CT molecular complexity index is 1250. The number of benzene rings is 2. The standard InChI is InChI=1S/C30H38F2N4O4/c1-18(2)16-34-27(39)25-29(3,4)30(31,32)17-36(25)28(40)24(37)23(15-19-9-6-5-7-10-19)35-26(38)21-11-8-12-22-20(21)13-14-33-22/h5-12,18,23-25,33,37H,13-17H2,1-4H3,(H,34,39)(H,35,38)/t23-,24?,25+/m0/s1. The third-order valence-electron chi connectivity index (χ3n) is 7.88. The van der Waals surface area contributed by atoms with Gasteiger partial charge in [0.1, 0.15) is 6.04 Å². The van der Waals surface area contributed by atoms with E-state index in [1.165, 1.54) is 13.8 Å². The summed E-state index contributed by atoms with van der Waals surface area (Å²) in [6, 6.07) is 11.6. The molecule has 3 amide bonds. The van der Waals surface area contributed by atoms with E-state index in [0.717, 1.165) is 21.7 Å². The van der Waals surface area contributed by atoms with Gasteiger partial charge in [0.15, 0.2) is 6.10 Å². The number of fused-ring (bicyclic) bond motifs is 1. The van der Waals surface area contributed by atoms with Crippen molar-refractivity contribution in [3.05, 3.63) is 65.2 Å². The Hall–Kier alpha value is -3.53. The molecule has 2 heterocycles. The van der Waals surface area contributed by atoms with Crippen molar-refractivity contribution in [2.75, 3.05) is 25.0 Å². The van der Waals surface area contributed by atoms with Gasteiger partial charge in [0, 0.05) is 24.3 Å². The Balaban J connectivity index is 1.63. The van der Waals surface area contributed by atoms with Gasteiger partial charge in [-0.1, -0.05) is 64.1 Å². The minimum absolute atomic E-state index is 0.0730. The van der Waals surface area contributed by atoms with Crippen molar-refractivity contribution in [3.63, 3.8) is 0 Å². The lowest BCUT2D eigenvalue weighted by Gasteiger charge is -2.34. The third-order valence-corrected chi connectivity index (χ3v) is 7.88. The molecule has 1 fully saturated rings. The summed E-state index contributed by atoms with van der Waals surface area (Å²) in [6.07, 6.45) is -1.15. The van der Waals surface area contributed by atoms with Gasteiger partial charge in [-0.25, -0.2) is 8.78 Å². The maximum Gasteiger partial charge on any atom is 0.272 e. The van der Waals surface area contributed by atoms with Gasteiger partial charge in [0.25, 0.3) is 17.7 Å². The van der Waals surface area contributed by atoms with Crippen molar-refractivity contribution < 1.29 is 28.3 Å². The monoisotopic (exact) mass is 556 g/mol. The topological polar surface area (TPSA) is 111 Å². The van der Waals surface area contributed by atoms with Gasteiger partial charge in [-0.3, -0.25) is 14.4 Å². The van der Waals surface area contributed by atoms with Gasteiger partial charge in [0.2, 0.25) is 5.91 Å². The number of rotatable bonds is 9. The van der Waals surface area contributed by atoms with Crippen molar-refractivity contribution in [2.45, 2.75) is 64.6 Å². The number of nitrogens with zero attached hydrogens (tertiary/aromatic N) is 1. The summed E-state index contributed by atoms with van der Waals surface area (Å²) >= 11 is 0. The Kier molecular flexibility index (Phi) is 8.49. The molecule has 0 spiro atoms. The van der Waals surface area contributed by atoms with Crippen LogP contribution in [0.2, 0.25) is 0 Å². The summed E-state index contributed by atoms with van der Waals surface area (Å²) in [5.74, 6) is -5.52. The number of likely N-dealkylation sites (tertiary alicyclic amines) is 1. The molecular formula is C30H38F2N4O4. The van der Waals surface area contributed by atoms with Crippen LogP contribution in [0.5, 0.6) is 0 Å². The highest BCUT2D eigenvalue weighted by Gasteiger charge is 2.64. The largest absolute Gasteiger partial charge is 0.384 e. The molecule has 4 N–H and O–H groups in total. The van der Waals surface area contributed by atoms with Gasteiger partial charge in [0.05, 0.1) is 18.0 Å². The maximum absolute atomic E-state index is 15.2. The summed E-state index contributed by atoms with van der Waals surface area (Å²) in [5, 5.41) is 20.0.